The molecule has 3 aliphatic rings. The molecule has 254 valence electrons. The van der Waals surface area contributed by atoms with Crippen molar-refractivity contribution in [1.82, 2.24) is 26.2 Å². The van der Waals surface area contributed by atoms with Gasteiger partial charge in [0.15, 0.2) is 0 Å². The molecule has 3 unspecified atom stereocenters. The number of hydrogen-bond donors (Lipinski definition) is 4. The number of nitrogens with one attached hydrogen (secondary N) is 4. The quantitative estimate of drug-likeness (QED) is 0.127. The third-order valence-electron chi connectivity index (χ3n) is 9.42. The molecule has 5 atom stereocenters. The maximum atomic E-state index is 14.3. The Bertz CT molecular complexity index is 1250. The van der Waals surface area contributed by atoms with E-state index < -0.39 is 57.1 Å². The van der Waals surface area contributed by atoms with Crippen LogP contribution in [-0.2, 0) is 29.0 Å². The summed E-state index contributed by atoms with van der Waals surface area (Å²) in [4.78, 5) is 68.6. The molecule has 1 heterocycles. The Hall–Kier alpha value is -2.96. The van der Waals surface area contributed by atoms with Crippen LogP contribution in [0.2, 0.25) is 0 Å². The van der Waals surface area contributed by atoms with Gasteiger partial charge in [0.25, 0.3) is 5.91 Å². The molecule has 3 rings (SSSR count). The lowest BCUT2D eigenvalue weighted by molar-refractivity contribution is -0.144. The fraction of sp³-hybridized carbons (Fsp3) is 0.781. The number of carbonyl (C=O) groups excluding carboxylic acids is 5. The topological polar surface area (TPSA) is 171 Å². The van der Waals surface area contributed by atoms with Gasteiger partial charge < -0.3 is 26.2 Å². The van der Waals surface area contributed by atoms with Crippen molar-refractivity contribution in [2.75, 3.05) is 25.1 Å². The number of rotatable bonds is 14. The van der Waals surface area contributed by atoms with Gasteiger partial charge in [0.2, 0.25) is 17.6 Å². The van der Waals surface area contributed by atoms with Crippen molar-refractivity contribution in [3.05, 3.63) is 12.7 Å². The van der Waals surface area contributed by atoms with Crippen LogP contribution in [0.15, 0.2) is 12.7 Å². The van der Waals surface area contributed by atoms with Crippen LogP contribution in [0.4, 0.5) is 4.79 Å². The van der Waals surface area contributed by atoms with E-state index in [0.717, 1.165) is 38.4 Å². The van der Waals surface area contributed by atoms with Gasteiger partial charge >= 0.3 is 6.03 Å². The molecule has 2 saturated carbocycles. The average Bonchev–Trinajstić information content (AvgIpc) is 3.26. The van der Waals surface area contributed by atoms with Crippen molar-refractivity contribution < 1.29 is 32.4 Å². The number of piperidine rings is 1. The summed E-state index contributed by atoms with van der Waals surface area (Å²) in [5, 5.41) is 11.0. The summed E-state index contributed by atoms with van der Waals surface area (Å²) in [6.45, 7) is 13.8. The number of sulfone groups is 1. The Morgan fingerprint density at radius 3 is 2.27 bits per heavy atom. The lowest BCUT2D eigenvalue weighted by Crippen LogP contribution is -2.61. The molecule has 0 spiro atoms. The number of carbonyl (C=O) groups is 5. The highest BCUT2D eigenvalue weighted by molar-refractivity contribution is 7.90. The first kappa shape index (κ1) is 36.5. The van der Waals surface area contributed by atoms with E-state index in [1.165, 1.54) is 0 Å². The lowest BCUT2D eigenvalue weighted by Gasteiger charge is -2.37. The number of urea groups is 1. The first-order chi connectivity index (χ1) is 20.9. The Labute approximate surface area is 268 Å². The third kappa shape index (κ3) is 9.76. The van der Waals surface area contributed by atoms with E-state index in [9.17, 15) is 32.4 Å². The molecule has 1 aliphatic heterocycles. The molecule has 0 bridgehead atoms. The molecule has 0 aromatic carbocycles. The monoisotopic (exact) mass is 651 g/mol. The number of ketones is 1. The summed E-state index contributed by atoms with van der Waals surface area (Å²) in [6, 6.07) is -3.23. The van der Waals surface area contributed by atoms with E-state index >= 15 is 0 Å². The van der Waals surface area contributed by atoms with Gasteiger partial charge in [-0.25, -0.2) is 13.2 Å². The average molecular weight is 652 g/mol. The molecule has 13 heteroatoms. The largest absolute Gasteiger partial charge is 0.349 e. The molecule has 5 amide bonds. The number of likely N-dealkylation sites (tertiary alicyclic amines) is 1. The van der Waals surface area contributed by atoms with Crippen molar-refractivity contribution in [3.63, 3.8) is 0 Å². The van der Waals surface area contributed by atoms with Crippen LogP contribution in [0.3, 0.4) is 0 Å². The number of hydrogen-bond acceptors (Lipinski definition) is 7. The van der Waals surface area contributed by atoms with Gasteiger partial charge in [-0.3, -0.25) is 19.2 Å². The predicted molar refractivity (Wildman–Crippen MR) is 172 cm³/mol. The maximum Gasteiger partial charge on any atom is 0.315 e. The standard InChI is InChI=1S/C32H53N5O7S/c1-8-9-16-22(26(38)28(40)33-17-13-18-45(7,43)44)34-27(39)25-23-21(32(23,5)6)19-37(25)29(41)24(20-14-11-10-12-15-20)35-30(42)36-31(2,3)4/h8,20-25H,1,9-19H2,2-7H3,(H,33,40)(H,34,39)(H2,35,36,42)/t21?,22?,23?,24-,25-/m0/s1. The second-order valence-corrected chi connectivity index (χ2v) is 16.9. The fourth-order valence-electron chi connectivity index (χ4n) is 6.95. The Morgan fingerprint density at radius 2 is 1.69 bits per heavy atom. The second-order valence-electron chi connectivity index (χ2n) is 14.6. The first-order valence-corrected chi connectivity index (χ1v) is 18.2. The van der Waals surface area contributed by atoms with Crippen LogP contribution in [0.1, 0.15) is 86.0 Å². The van der Waals surface area contributed by atoms with E-state index in [-0.39, 0.29) is 54.2 Å². The van der Waals surface area contributed by atoms with Crippen molar-refractivity contribution in [2.45, 2.75) is 110 Å². The van der Waals surface area contributed by atoms with Gasteiger partial charge in [0.1, 0.15) is 21.9 Å². The number of amides is 5. The van der Waals surface area contributed by atoms with Crippen LogP contribution in [0.25, 0.3) is 0 Å². The van der Waals surface area contributed by atoms with Gasteiger partial charge in [-0.2, -0.15) is 0 Å². The summed E-state index contributed by atoms with van der Waals surface area (Å²) in [7, 11) is -3.21. The molecule has 2 aliphatic carbocycles. The van der Waals surface area contributed by atoms with Crippen LogP contribution in [-0.4, -0.2) is 91.6 Å². The molecular formula is C32H53N5O7S. The molecule has 45 heavy (non-hydrogen) atoms. The van der Waals surface area contributed by atoms with Crippen molar-refractivity contribution in [3.8, 4) is 0 Å². The predicted octanol–water partition coefficient (Wildman–Crippen LogP) is 2.09. The maximum absolute atomic E-state index is 14.3. The number of Topliss-reactive ketones (excluding diaryl/α,β-unsaturated/α-hetero) is 1. The highest BCUT2D eigenvalue weighted by Gasteiger charge is 2.69. The number of nitrogens with zero attached hydrogens (tertiary/aromatic N) is 1. The van der Waals surface area contributed by atoms with Crippen molar-refractivity contribution >= 4 is 39.4 Å². The molecule has 12 nitrogen and oxygen atoms in total. The Morgan fingerprint density at radius 1 is 1.04 bits per heavy atom. The molecule has 3 fully saturated rings. The van der Waals surface area contributed by atoms with Crippen LogP contribution in [0, 0.1) is 23.2 Å². The summed E-state index contributed by atoms with van der Waals surface area (Å²) in [6.07, 6.45) is 7.93. The van der Waals surface area contributed by atoms with Gasteiger partial charge in [-0.05, 0) is 76.0 Å². The molecule has 4 N–H and O–H groups in total. The van der Waals surface area contributed by atoms with E-state index in [1.807, 2.05) is 20.8 Å². The smallest absolute Gasteiger partial charge is 0.315 e. The molecule has 0 aromatic heterocycles. The molecular weight excluding hydrogens is 598 g/mol. The number of fused-ring (bicyclic) bond motifs is 1. The van der Waals surface area contributed by atoms with Crippen LogP contribution >= 0.6 is 0 Å². The van der Waals surface area contributed by atoms with Crippen LogP contribution < -0.4 is 21.3 Å². The SMILES string of the molecule is C=CCCC(NC(=O)[C@@H]1C2C(CN1C(=O)[C@@H](NC(=O)NC(C)(C)C)C1CCCCC1)C2(C)C)C(=O)C(=O)NCCCS(C)(=O)=O. The minimum absolute atomic E-state index is 0.000955. The minimum Gasteiger partial charge on any atom is -0.349 e. The molecule has 0 radical (unpaired) electrons. The van der Waals surface area contributed by atoms with Gasteiger partial charge in [-0.15, -0.1) is 6.58 Å². The van der Waals surface area contributed by atoms with Crippen LogP contribution in [0.5, 0.6) is 0 Å². The highest BCUT2D eigenvalue weighted by Crippen LogP contribution is 2.65. The van der Waals surface area contributed by atoms with E-state index in [4.69, 9.17) is 0 Å². The first-order valence-electron chi connectivity index (χ1n) is 16.2. The summed E-state index contributed by atoms with van der Waals surface area (Å²) < 4.78 is 22.8. The minimum atomic E-state index is -3.21. The third-order valence-corrected chi connectivity index (χ3v) is 10.4. The summed E-state index contributed by atoms with van der Waals surface area (Å²) in [5.41, 5.74) is -0.688. The Kier molecular flexibility index (Phi) is 11.9. The van der Waals surface area contributed by atoms with E-state index in [1.54, 1.807) is 11.0 Å². The zero-order valence-corrected chi connectivity index (χ0v) is 28.6. The summed E-state index contributed by atoms with van der Waals surface area (Å²) >= 11 is 0. The molecule has 0 aromatic rings. The second kappa shape index (κ2) is 14.6. The van der Waals surface area contributed by atoms with Gasteiger partial charge in [0.05, 0.1) is 11.8 Å². The summed E-state index contributed by atoms with van der Waals surface area (Å²) in [5.74, 6) is -2.78. The van der Waals surface area contributed by atoms with Crippen molar-refractivity contribution in [2.24, 2.45) is 23.2 Å². The normalized spacial score (nSPS) is 24.0. The highest BCUT2D eigenvalue weighted by atomic mass is 32.2. The Balaban J connectivity index is 1.79. The molecule has 1 saturated heterocycles. The van der Waals surface area contributed by atoms with Crippen molar-refractivity contribution in [1.29, 1.82) is 0 Å². The zero-order chi connectivity index (χ0) is 33.7. The van der Waals surface area contributed by atoms with E-state index in [2.05, 4.69) is 41.7 Å². The van der Waals surface area contributed by atoms with E-state index in [0.29, 0.717) is 13.0 Å². The fourth-order valence-corrected chi connectivity index (χ4v) is 7.62. The number of allylic oxidation sites excluding steroid dienone is 1. The zero-order valence-electron chi connectivity index (χ0n) is 27.7. The van der Waals surface area contributed by atoms with Gasteiger partial charge in [-0.1, -0.05) is 39.2 Å². The lowest BCUT2D eigenvalue weighted by atomic mass is 9.83. The van der Waals surface area contributed by atoms with Gasteiger partial charge in [0, 0.05) is 24.9 Å².